The molecule has 0 radical (unpaired) electrons. The Hall–Kier alpha value is -2.40. The Labute approximate surface area is 146 Å². The number of fused-ring (bicyclic) bond motifs is 1. The van der Waals surface area contributed by atoms with Crippen molar-refractivity contribution in [2.75, 3.05) is 24.3 Å². The molecular weight excluding hydrogens is 318 g/mol. The second-order valence-electron chi connectivity index (χ2n) is 6.26. The maximum Gasteiger partial charge on any atom is 0.257 e. The van der Waals surface area contributed by atoms with E-state index in [1.54, 1.807) is 0 Å². The van der Waals surface area contributed by atoms with E-state index >= 15 is 0 Å². The summed E-state index contributed by atoms with van der Waals surface area (Å²) in [6.45, 7) is 4.30. The molecule has 0 aliphatic rings. The van der Waals surface area contributed by atoms with Crippen LogP contribution in [0, 0.1) is 0 Å². The Balaban J connectivity index is 1.84. The van der Waals surface area contributed by atoms with Crippen molar-refractivity contribution >= 4 is 38.3 Å². The molecule has 2 aromatic carbocycles. The predicted octanol–water partition coefficient (Wildman–Crippen LogP) is 4.74. The van der Waals surface area contributed by atoms with Crippen molar-refractivity contribution in [1.29, 1.82) is 0 Å². The molecule has 1 heterocycles. The van der Waals surface area contributed by atoms with E-state index in [1.807, 2.05) is 55.4 Å². The first-order valence-corrected chi connectivity index (χ1v) is 8.75. The summed E-state index contributed by atoms with van der Waals surface area (Å²) in [5.41, 5.74) is 3.88. The van der Waals surface area contributed by atoms with Crippen molar-refractivity contribution in [3.05, 3.63) is 53.6 Å². The number of para-hydroxylation sites is 1. The number of carbonyl (C=O) groups excluding carboxylic acids is 1. The third-order valence-corrected chi connectivity index (χ3v) is 4.87. The van der Waals surface area contributed by atoms with E-state index in [1.165, 1.54) is 16.9 Å². The number of benzene rings is 2. The molecule has 0 bridgehead atoms. The van der Waals surface area contributed by atoms with Crippen molar-refractivity contribution in [3.63, 3.8) is 0 Å². The molecule has 4 nitrogen and oxygen atoms in total. The first-order valence-electron chi connectivity index (χ1n) is 7.94. The minimum absolute atomic E-state index is 0.134. The first kappa shape index (κ1) is 16.5. The third-order valence-electron chi connectivity index (χ3n) is 3.94. The highest BCUT2D eigenvalue weighted by Crippen LogP contribution is 2.31. The zero-order chi connectivity index (χ0) is 17.3. The van der Waals surface area contributed by atoms with Crippen LogP contribution >= 0.6 is 11.3 Å². The Morgan fingerprint density at radius 2 is 1.83 bits per heavy atom. The van der Waals surface area contributed by atoms with Gasteiger partial charge < -0.3 is 4.90 Å². The molecule has 0 atom stereocenters. The number of carbonyl (C=O) groups is 1. The molecule has 3 rings (SSSR count). The zero-order valence-electron chi connectivity index (χ0n) is 14.3. The third kappa shape index (κ3) is 3.26. The van der Waals surface area contributed by atoms with Gasteiger partial charge in [-0.3, -0.25) is 10.1 Å². The van der Waals surface area contributed by atoms with Gasteiger partial charge in [-0.25, -0.2) is 4.98 Å². The molecular formula is C19H21N3OS. The molecule has 1 amide bonds. The molecule has 0 aliphatic carbocycles. The van der Waals surface area contributed by atoms with Crippen LogP contribution in [0.2, 0.25) is 0 Å². The Morgan fingerprint density at radius 1 is 1.12 bits per heavy atom. The standard InChI is InChI=1S/C19H21N3OS/c1-12(2)15-6-5-7-16-17(15)20-19(24-16)21-18(23)13-8-10-14(11-9-13)22(3)4/h5-12H,1-4H3,(H,20,21,23). The molecule has 0 saturated heterocycles. The van der Waals surface area contributed by atoms with Crippen molar-refractivity contribution in [2.45, 2.75) is 19.8 Å². The molecule has 0 saturated carbocycles. The van der Waals surface area contributed by atoms with E-state index in [4.69, 9.17) is 0 Å². The Bertz CT molecular complexity index is 866. The molecule has 24 heavy (non-hydrogen) atoms. The number of nitrogens with zero attached hydrogens (tertiary/aromatic N) is 2. The lowest BCUT2D eigenvalue weighted by molar-refractivity contribution is 0.102. The van der Waals surface area contributed by atoms with Gasteiger partial charge >= 0.3 is 0 Å². The van der Waals surface area contributed by atoms with Crippen LogP contribution in [-0.4, -0.2) is 25.0 Å². The summed E-state index contributed by atoms with van der Waals surface area (Å²) in [4.78, 5) is 19.1. The molecule has 0 aliphatic heterocycles. The summed E-state index contributed by atoms with van der Waals surface area (Å²) in [5, 5.41) is 3.56. The van der Waals surface area contributed by atoms with E-state index in [-0.39, 0.29) is 5.91 Å². The number of hydrogen-bond donors (Lipinski definition) is 1. The summed E-state index contributed by atoms with van der Waals surface area (Å²) in [5.74, 6) is 0.267. The second-order valence-corrected chi connectivity index (χ2v) is 7.29. The lowest BCUT2D eigenvalue weighted by Gasteiger charge is -2.12. The fraction of sp³-hybridized carbons (Fsp3) is 0.263. The highest BCUT2D eigenvalue weighted by Gasteiger charge is 2.13. The highest BCUT2D eigenvalue weighted by molar-refractivity contribution is 7.22. The molecule has 0 fully saturated rings. The molecule has 3 aromatic rings. The number of amides is 1. The molecule has 1 N–H and O–H groups in total. The van der Waals surface area contributed by atoms with Gasteiger partial charge in [-0.15, -0.1) is 0 Å². The van der Waals surface area contributed by atoms with Gasteiger partial charge in [0.15, 0.2) is 5.13 Å². The quantitative estimate of drug-likeness (QED) is 0.747. The van der Waals surface area contributed by atoms with Gasteiger partial charge in [-0.1, -0.05) is 37.3 Å². The zero-order valence-corrected chi connectivity index (χ0v) is 15.1. The molecule has 0 spiro atoms. The number of thiazole rings is 1. The van der Waals surface area contributed by atoms with Gasteiger partial charge in [0.2, 0.25) is 0 Å². The first-order chi connectivity index (χ1) is 11.5. The van der Waals surface area contributed by atoms with Crippen LogP contribution in [-0.2, 0) is 0 Å². The molecule has 1 aromatic heterocycles. The van der Waals surface area contributed by atoms with Crippen LogP contribution in [0.4, 0.5) is 10.8 Å². The molecule has 0 unspecified atom stereocenters. The highest BCUT2D eigenvalue weighted by atomic mass is 32.1. The van der Waals surface area contributed by atoms with Gasteiger partial charge in [0.1, 0.15) is 0 Å². The average Bonchev–Trinajstić information content (AvgIpc) is 2.96. The van der Waals surface area contributed by atoms with Gasteiger partial charge in [0.25, 0.3) is 5.91 Å². The minimum atomic E-state index is -0.134. The van der Waals surface area contributed by atoms with Crippen LogP contribution in [0.5, 0.6) is 0 Å². The van der Waals surface area contributed by atoms with Gasteiger partial charge in [-0.2, -0.15) is 0 Å². The van der Waals surface area contributed by atoms with Crippen LogP contribution in [0.15, 0.2) is 42.5 Å². The van der Waals surface area contributed by atoms with Gasteiger partial charge in [-0.05, 0) is 41.8 Å². The smallest absolute Gasteiger partial charge is 0.257 e. The fourth-order valence-electron chi connectivity index (χ4n) is 2.57. The van der Waals surface area contributed by atoms with Crippen molar-refractivity contribution in [1.82, 2.24) is 4.98 Å². The monoisotopic (exact) mass is 339 g/mol. The summed E-state index contributed by atoms with van der Waals surface area (Å²) >= 11 is 1.51. The Morgan fingerprint density at radius 3 is 2.46 bits per heavy atom. The van der Waals surface area contributed by atoms with Crippen molar-refractivity contribution in [2.24, 2.45) is 0 Å². The maximum absolute atomic E-state index is 12.4. The average molecular weight is 339 g/mol. The van der Waals surface area contributed by atoms with Crippen molar-refractivity contribution in [3.8, 4) is 0 Å². The van der Waals surface area contributed by atoms with Crippen molar-refractivity contribution < 1.29 is 4.79 Å². The SMILES string of the molecule is CC(C)c1cccc2sc(NC(=O)c3ccc(N(C)C)cc3)nc12. The van der Waals surface area contributed by atoms with Crippen LogP contribution in [0.1, 0.15) is 35.7 Å². The largest absolute Gasteiger partial charge is 0.378 e. The summed E-state index contributed by atoms with van der Waals surface area (Å²) in [7, 11) is 3.95. The van der Waals surface area contributed by atoms with Crippen LogP contribution in [0.3, 0.4) is 0 Å². The number of aromatic nitrogens is 1. The summed E-state index contributed by atoms with van der Waals surface area (Å²) in [6, 6.07) is 13.7. The predicted molar refractivity (Wildman–Crippen MR) is 102 cm³/mol. The van der Waals surface area contributed by atoms with Gasteiger partial charge in [0, 0.05) is 25.3 Å². The van der Waals surface area contributed by atoms with E-state index < -0.39 is 0 Å². The lowest BCUT2D eigenvalue weighted by Crippen LogP contribution is -2.13. The normalized spacial score (nSPS) is 11.0. The van der Waals surface area contributed by atoms with E-state index in [0.717, 1.165) is 15.9 Å². The number of nitrogens with one attached hydrogen (secondary N) is 1. The number of hydrogen-bond acceptors (Lipinski definition) is 4. The van der Waals surface area contributed by atoms with E-state index in [0.29, 0.717) is 16.6 Å². The second kappa shape index (κ2) is 6.61. The van der Waals surface area contributed by atoms with Gasteiger partial charge in [0.05, 0.1) is 10.2 Å². The molecule has 124 valence electrons. The number of rotatable bonds is 4. The minimum Gasteiger partial charge on any atom is -0.378 e. The van der Waals surface area contributed by atoms with Crippen LogP contribution < -0.4 is 10.2 Å². The van der Waals surface area contributed by atoms with E-state index in [9.17, 15) is 4.79 Å². The fourth-order valence-corrected chi connectivity index (χ4v) is 3.47. The Kier molecular flexibility index (Phi) is 4.53. The lowest BCUT2D eigenvalue weighted by atomic mass is 10.0. The topological polar surface area (TPSA) is 45.2 Å². The number of anilines is 2. The van der Waals surface area contributed by atoms with Crippen LogP contribution in [0.25, 0.3) is 10.2 Å². The maximum atomic E-state index is 12.4. The summed E-state index contributed by atoms with van der Waals surface area (Å²) < 4.78 is 1.10. The van der Waals surface area contributed by atoms with E-state index in [2.05, 4.69) is 30.2 Å². The summed E-state index contributed by atoms with van der Waals surface area (Å²) in [6.07, 6.45) is 0. The molecule has 5 heteroatoms.